The maximum Gasteiger partial charge on any atom is 0.312 e. The zero-order valence-corrected chi connectivity index (χ0v) is 20.0. The van der Waals surface area contributed by atoms with E-state index in [1.54, 1.807) is 6.92 Å². The lowest BCUT2D eigenvalue weighted by Gasteiger charge is -2.38. The standard InChI is InChI=1S/C25H34N2O6/c1-6-32-24(31)19-18-9-10-25(33-18)20(19)23(30)27(17(12-28)13(2)3)21(25)22(29)26-16-11-14(4)7-8-15(16)5/h7-8,11,13,17-21,28H,6,9-10,12H2,1-5H3,(H,26,29)/t17-,18-,19+,20+,21-,25+/m0/s1. The van der Waals surface area contributed by atoms with Crippen LogP contribution >= 0.6 is 0 Å². The molecule has 180 valence electrons. The van der Waals surface area contributed by atoms with Crippen LogP contribution in [0.25, 0.3) is 0 Å². The molecule has 0 saturated carbocycles. The second-order valence-corrected chi connectivity index (χ2v) is 9.86. The SMILES string of the molecule is CCOC(=O)[C@@H]1[C@@H]2CC[C@]3(O2)[C@H](C(=O)Nc2cc(C)ccc2C)N([C@@H](CO)C(C)C)C(=O)[C@@H]13. The second kappa shape index (κ2) is 8.72. The zero-order valence-electron chi connectivity index (χ0n) is 20.0. The number of esters is 1. The van der Waals surface area contributed by atoms with Crippen molar-refractivity contribution in [1.82, 2.24) is 4.90 Å². The van der Waals surface area contributed by atoms with Gasteiger partial charge in [0.25, 0.3) is 0 Å². The van der Waals surface area contributed by atoms with E-state index in [4.69, 9.17) is 9.47 Å². The molecule has 2 N–H and O–H groups in total. The molecule has 3 aliphatic rings. The average molecular weight is 459 g/mol. The quantitative estimate of drug-likeness (QED) is 0.607. The first-order valence-electron chi connectivity index (χ1n) is 11.8. The van der Waals surface area contributed by atoms with Crippen molar-refractivity contribution >= 4 is 23.5 Å². The number of aryl methyl sites for hydroxylation is 2. The molecule has 0 radical (unpaired) electrons. The maximum absolute atomic E-state index is 13.8. The van der Waals surface area contributed by atoms with E-state index >= 15 is 0 Å². The Kier molecular flexibility index (Phi) is 6.26. The molecule has 0 unspecified atom stereocenters. The van der Waals surface area contributed by atoms with Gasteiger partial charge >= 0.3 is 5.97 Å². The Balaban J connectivity index is 1.77. The van der Waals surface area contributed by atoms with Crippen LogP contribution in [0.3, 0.4) is 0 Å². The summed E-state index contributed by atoms with van der Waals surface area (Å²) in [6, 6.07) is 4.28. The van der Waals surface area contributed by atoms with Crippen LogP contribution in [0.1, 0.15) is 44.7 Å². The maximum atomic E-state index is 13.8. The summed E-state index contributed by atoms with van der Waals surface area (Å²) >= 11 is 0. The van der Waals surface area contributed by atoms with Gasteiger partial charge in [0.1, 0.15) is 11.6 Å². The summed E-state index contributed by atoms with van der Waals surface area (Å²) in [5.74, 6) is -2.75. The predicted molar refractivity (Wildman–Crippen MR) is 121 cm³/mol. The van der Waals surface area contributed by atoms with Gasteiger partial charge in [0.05, 0.1) is 37.2 Å². The summed E-state index contributed by atoms with van der Waals surface area (Å²) in [5.41, 5.74) is 1.47. The molecule has 6 atom stereocenters. The average Bonchev–Trinajstić information content (AvgIpc) is 3.39. The number of hydrogen-bond donors (Lipinski definition) is 2. The van der Waals surface area contributed by atoms with E-state index in [1.807, 2.05) is 45.9 Å². The first kappa shape index (κ1) is 23.7. The van der Waals surface area contributed by atoms with Crippen LogP contribution in [0.2, 0.25) is 0 Å². The molecule has 2 bridgehead atoms. The van der Waals surface area contributed by atoms with Gasteiger partial charge in [-0.05, 0) is 56.7 Å². The number of nitrogens with one attached hydrogen (secondary N) is 1. The molecule has 1 aromatic carbocycles. The van der Waals surface area contributed by atoms with Gasteiger partial charge in [-0.15, -0.1) is 0 Å². The molecule has 0 aromatic heterocycles. The molecule has 3 fully saturated rings. The molecule has 3 aliphatic heterocycles. The molecule has 1 aromatic rings. The minimum absolute atomic E-state index is 0.0941. The van der Waals surface area contributed by atoms with Crippen LogP contribution in [0.5, 0.6) is 0 Å². The molecule has 33 heavy (non-hydrogen) atoms. The second-order valence-electron chi connectivity index (χ2n) is 9.86. The fourth-order valence-corrected chi connectivity index (χ4v) is 5.95. The highest BCUT2D eigenvalue weighted by atomic mass is 16.6. The predicted octanol–water partition coefficient (Wildman–Crippen LogP) is 2.20. The molecule has 0 aliphatic carbocycles. The third-order valence-electron chi connectivity index (χ3n) is 7.51. The monoisotopic (exact) mass is 458 g/mol. The summed E-state index contributed by atoms with van der Waals surface area (Å²) in [5, 5.41) is 13.2. The lowest BCUT2D eigenvalue weighted by molar-refractivity contribution is -0.155. The van der Waals surface area contributed by atoms with Crippen LogP contribution in [0, 0.1) is 31.6 Å². The Morgan fingerprint density at radius 2 is 2.06 bits per heavy atom. The number of ether oxygens (including phenoxy) is 2. The number of aliphatic hydroxyl groups is 1. The van der Waals surface area contributed by atoms with Crippen molar-refractivity contribution in [3.05, 3.63) is 29.3 Å². The number of fused-ring (bicyclic) bond motifs is 1. The molecule has 4 rings (SSSR count). The van der Waals surface area contributed by atoms with E-state index in [9.17, 15) is 19.5 Å². The molecule has 8 nitrogen and oxygen atoms in total. The summed E-state index contributed by atoms with van der Waals surface area (Å²) in [6.45, 7) is 9.32. The molecule has 3 saturated heterocycles. The summed E-state index contributed by atoms with van der Waals surface area (Å²) in [7, 11) is 0. The summed E-state index contributed by atoms with van der Waals surface area (Å²) in [4.78, 5) is 42.0. The fraction of sp³-hybridized carbons (Fsp3) is 0.640. The van der Waals surface area contributed by atoms with Crippen molar-refractivity contribution in [1.29, 1.82) is 0 Å². The molecule has 1 spiro atoms. The van der Waals surface area contributed by atoms with Gasteiger partial charge in [0, 0.05) is 5.69 Å². The number of rotatable bonds is 7. The van der Waals surface area contributed by atoms with Crippen molar-refractivity contribution in [3.63, 3.8) is 0 Å². The van der Waals surface area contributed by atoms with Crippen LogP contribution in [-0.4, -0.2) is 64.8 Å². The van der Waals surface area contributed by atoms with Gasteiger partial charge in [0.2, 0.25) is 11.8 Å². The number of nitrogens with zero attached hydrogens (tertiary/aromatic N) is 1. The molecular formula is C25H34N2O6. The Hall–Kier alpha value is -2.45. The van der Waals surface area contributed by atoms with Crippen molar-refractivity contribution in [2.24, 2.45) is 17.8 Å². The van der Waals surface area contributed by atoms with E-state index < -0.39 is 41.6 Å². The van der Waals surface area contributed by atoms with Crippen LogP contribution < -0.4 is 5.32 Å². The number of hydrogen-bond acceptors (Lipinski definition) is 6. The summed E-state index contributed by atoms with van der Waals surface area (Å²) in [6.07, 6.45) is 0.643. The topological polar surface area (TPSA) is 105 Å². The third kappa shape index (κ3) is 3.64. The van der Waals surface area contributed by atoms with Gasteiger partial charge in [-0.2, -0.15) is 0 Å². The number of aliphatic hydroxyl groups excluding tert-OH is 1. The number of anilines is 1. The van der Waals surface area contributed by atoms with Gasteiger partial charge < -0.3 is 24.8 Å². The first-order chi connectivity index (χ1) is 15.7. The number of amides is 2. The first-order valence-corrected chi connectivity index (χ1v) is 11.8. The highest BCUT2D eigenvalue weighted by Crippen LogP contribution is 2.59. The molecule has 3 heterocycles. The van der Waals surface area contributed by atoms with E-state index in [2.05, 4.69) is 5.32 Å². The number of carbonyl (C=O) groups excluding carboxylic acids is 3. The van der Waals surface area contributed by atoms with Crippen LogP contribution in [-0.2, 0) is 23.9 Å². The summed E-state index contributed by atoms with van der Waals surface area (Å²) < 4.78 is 11.6. The normalized spacial score (nSPS) is 31.1. The van der Waals surface area contributed by atoms with Crippen molar-refractivity contribution in [2.45, 2.75) is 71.2 Å². The highest BCUT2D eigenvalue weighted by molar-refractivity contribution is 6.03. The lowest BCUT2D eigenvalue weighted by Crippen LogP contribution is -2.57. The largest absolute Gasteiger partial charge is 0.466 e. The number of likely N-dealkylation sites (tertiary alicyclic amines) is 1. The van der Waals surface area contributed by atoms with Crippen molar-refractivity contribution in [3.8, 4) is 0 Å². The molecule has 2 amide bonds. The molecule has 8 heteroatoms. The number of carbonyl (C=O) groups is 3. The van der Waals surface area contributed by atoms with Crippen LogP contribution in [0.15, 0.2) is 18.2 Å². The highest BCUT2D eigenvalue weighted by Gasteiger charge is 2.75. The Morgan fingerprint density at radius 3 is 2.70 bits per heavy atom. The van der Waals surface area contributed by atoms with E-state index in [0.29, 0.717) is 18.5 Å². The van der Waals surface area contributed by atoms with E-state index in [-0.39, 0.29) is 30.9 Å². The Morgan fingerprint density at radius 1 is 1.33 bits per heavy atom. The molecular weight excluding hydrogens is 424 g/mol. The number of benzene rings is 1. The van der Waals surface area contributed by atoms with Gasteiger partial charge in [-0.3, -0.25) is 14.4 Å². The van der Waals surface area contributed by atoms with E-state index in [1.165, 1.54) is 4.90 Å². The van der Waals surface area contributed by atoms with Crippen LogP contribution in [0.4, 0.5) is 5.69 Å². The fourth-order valence-electron chi connectivity index (χ4n) is 5.95. The Bertz CT molecular complexity index is 962. The van der Waals surface area contributed by atoms with Gasteiger partial charge in [-0.1, -0.05) is 26.0 Å². The smallest absolute Gasteiger partial charge is 0.312 e. The lowest BCUT2D eigenvalue weighted by atomic mass is 9.70. The minimum atomic E-state index is -1.11. The Labute approximate surface area is 194 Å². The van der Waals surface area contributed by atoms with Gasteiger partial charge in [0.15, 0.2) is 0 Å². The van der Waals surface area contributed by atoms with Crippen molar-refractivity contribution < 1.29 is 29.0 Å². The zero-order chi connectivity index (χ0) is 24.1. The minimum Gasteiger partial charge on any atom is -0.466 e. The van der Waals surface area contributed by atoms with Gasteiger partial charge in [-0.25, -0.2) is 0 Å². The van der Waals surface area contributed by atoms with E-state index in [0.717, 1.165) is 11.1 Å². The van der Waals surface area contributed by atoms with Crippen molar-refractivity contribution in [2.75, 3.05) is 18.5 Å². The third-order valence-corrected chi connectivity index (χ3v) is 7.51.